The fourth-order valence-electron chi connectivity index (χ4n) is 2.00. The molecule has 1 aliphatic rings. The first-order chi connectivity index (χ1) is 9.74. The van der Waals surface area contributed by atoms with E-state index >= 15 is 0 Å². The smallest absolute Gasteiger partial charge is 0.255 e. The molecule has 1 aliphatic heterocycles. The summed E-state index contributed by atoms with van der Waals surface area (Å²) < 4.78 is 18.9. The van der Waals surface area contributed by atoms with Crippen LogP contribution in [0.2, 0.25) is 0 Å². The van der Waals surface area contributed by atoms with Crippen LogP contribution < -0.4 is 4.74 Å². The summed E-state index contributed by atoms with van der Waals surface area (Å²) in [6, 6.07) is 7.85. The third-order valence-corrected chi connectivity index (χ3v) is 3.10. The van der Waals surface area contributed by atoms with Gasteiger partial charge in [-0.2, -0.15) is 10.2 Å². The molecule has 3 rings (SSSR count). The van der Waals surface area contributed by atoms with E-state index in [1.165, 1.54) is 18.5 Å². The largest absolute Gasteiger partial charge is 0.484 e. The lowest BCUT2D eigenvalue weighted by Crippen LogP contribution is -2.56. The van der Waals surface area contributed by atoms with Crippen molar-refractivity contribution in [1.29, 1.82) is 0 Å². The molecular weight excluding hydrogens is 261 g/mol. The second-order valence-electron chi connectivity index (χ2n) is 4.51. The fraction of sp³-hybridized carbons (Fsp3) is 0.214. The van der Waals surface area contributed by atoms with Crippen molar-refractivity contribution in [3.05, 3.63) is 54.1 Å². The lowest BCUT2D eigenvalue weighted by Gasteiger charge is -2.38. The number of likely N-dealkylation sites (tertiary alicyclic amines) is 1. The second kappa shape index (κ2) is 5.24. The number of rotatable bonds is 3. The van der Waals surface area contributed by atoms with E-state index in [9.17, 15) is 9.18 Å². The number of nitrogens with zero attached hydrogens (tertiary/aromatic N) is 3. The van der Waals surface area contributed by atoms with Gasteiger partial charge in [-0.1, -0.05) is 12.1 Å². The fourth-order valence-corrected chi connectivity index (χ4v) is 2.00. The molecule has 1 saturated heterocycles. The Balaban J connectivity index is 1.57. The number of carbonyl (C=O) groups is 1. The molecule has 1 aromatic carbocycles. The predicted octanol–water partition coefficient (Wildman–Crippen LogP) is 1.52. The number of aromatic nitrogens is 2. The van der Waals surface area contributed by atoms with Crippen molar-refractivity contribution < 1.29 is 13.9 Å². The number of hydrogen-bond donors (Lipinski definition) is 0. The summed E-state index contributed by atoms with van der Waals surface area (Å²) in [7, 11) is 0. The number of ether oxygens (including phenoxy) is 1. The minimum atomic E-state index is -0.393. The van der Waals surface area contributed by atoms with Crippen molar-refractivity contribution >= 4 is 5.91 Å². The first-order valence-corrected chi connectivity index (χ1v) is 6.21. The van der Waals surface area contributed by atoms with E-state index in [1.807, 2.05) is 0 Å². The lowest BCUT2D eigenvalue weighted by atomic mass is 10.1. The molecule has 1 aromatic heterocycles. The van der Waals surface area contributed by atoms with Gasteiger partial charge in [0, 0.05) is 0 Å². The Hall–Kier alpha value is -2.50. The average Bonchev–Trinajstić information content (AvgIpc) is 2.44. The summed E-state index contributed by atoms with van der Waals surface area (Å²) in [5.74, 6) is -0.293. The van der Waals surface area contributed by atoms with E-state index < -0.39 is 5.82 Å². The number of halogens is 1. The van der Waals surface area contributed by atoms with Crippen LogP contribution in [-0.2, 0) is 0 Å². The molecule has 2 heterocycles. The molecule has 1 fully saturated rings. The molecule has 102 valence electrons. The van der Waals surface area contributed by atoms with Crippen LogP contribution in [0.3, 0.4) is 0 Å². The normalized spacial score (nSPS) is 14.8. The van der Waals surface area contributed by atoms with Crippen molar-refractivity contribution in [2.75, 3.05) is 13.1 Å². The minimum absolute atomic E-state index is 0.117. The van der Waals surface area contributed by atoms with Crippen LogP contribution in [0, 0.1) is 5.82 Å². The summed E-state index contributed by atoms with van der Waals surface area (Å²) in [5, 5.41) is 7.29. The summed E-state index contributed by atoms with van der Waals surface area (Å²) in [4.78, 5) is 13.6. The van der Waals surface area contributed by atoms with E-state index in [0.29, 0.717) is 18.7 Å². The molecule has 0 N–H and O–H groups in total. The standard InChI is InChI=1S/C14H12FN3O2/c15-12-3-1-2-4-13(12)20-11-8-18(9-11)14(19)10-5-6-16-17-7-10/h1-7,11H,8-9H2. The molecule has 0 aliphatic carbocycles. The van der Waals surface area contributed by atoms with E-state index in [-0.39, 0.29) is 17.8 Å². The molecular formula is C14H12FN3O2. The first-order valence-electron chi connectivity index (χ1n) is 6.21. The van der Waals surface area contributed by atoms with Crippen molar-refractivity contribution in [1.82, 2.24) is 15.1 Å². The topological polar surface area (TPSA) is 55.3 Å². The van der Waals surface area contributed by atoms with Crippen molar-refractivity contribution in [2.24, 2.45) is 0 Å². The Bertz CT molecular complexity index is 615. The van der Waals surface area contributed by atoms with Gasteiger partial charge >= 0.3 is 0 Å². The maximum Gasteiger partial charge on any atom is 0.255 e. The SMILES string of the molecule is O=C(c1ccnnc1)N1CC(Oc2ccccc2F)C1. The molecule has 0 saturated carbocycles. The van der Waals surface area contributed by atoms with Gasteiger partial charge in [-0.15, -0.1) is 0 Å². The molecule has 1 amide bonds. The number of hydrogen-bond acceptors (Lipinski definition) is 4. The minimum Gasteiger partial charge on any atom is -0.484 e. The van der Waals surface area contributed by atoms with Gasteiger partial charge in [0.25, 0.3) is 5.91 Å². The van der Waals surface area contributed by atoms with E-state index in [2.05, 4.69) is 10.2 Å². The van der Waals surface area contributed by atoms with Gasteiger partial charge in [0.2, 0.25) is 0 Å². The third-order valence-electron chi connectivity index (χ3n) is 3.10. The quantitative estimate of drug-likeness (QED) is 0.850. The van der Waals surface area contributed by atoms with Gasteiger partial charge in [0.1, 0.15) is 6.10 Å². The summed E-state index contributed by atoms with van der Waals surface area (Å²) in [5.41, 5.74) is 0.490. The predicted molar refractivity (Wildman–Crippen MR) is 68.8 cm³/mol. The maximum absolute atomic E-state index is 13.4. The molecule has 0 unspecified atom stereocenters. The molecule has 20 heavy (non-hydrogen) atoms. The lowest BCUT2D eigenvalue weighted by molar-refractivity contribution is 0.0163. The third kappa shape index (κ3) is 2.45. The Morgan fingerprint density at radius 3 is 2.75 bits per heavy atom. The van der Waals surface area contributed by atoms with Crippen LogP contribution in [0.15, 0.2) is 42.7 Å². The molecule has 0 bridgehead atoms. The Morgan fingerprint density at radius 2 is 2.05 bits per heavy atom. The Labute approximate surface area is 115 Å². The van der Waals surface area contributed by atoms with Gasteiger partial charge in [-0.3, -0.25) is 4.79 Å². The maximum atomic E-state index is 13.4. The molecule has 2 aromatic rings. The number of carbonyl (C=O) groups excluding carboxylic acids is 1. The van der Waals surface area contributed by atoms with Crippen LogP contribution in [0.1, 0.15) is 10.4 Å². The molecule has 0 atom stereocenters. The van der Waals surface area contributed by atoms with Crippen LogP contribution in [0.4, 0.5) is 4.39 Å². The van der Waals surface area contributed by atoms with Crippen molar-refractivity contribution in [3.63, 3.8) is 0 Å². The summed E-state index contributed by atoms with van der Waals surface area (Å²) >= 11 is 0. The zero-order valence-corrected chi connectivity index (χ0v) is 10.6. The van der Waals surface area contributed by atoms with Crippen LogP contribution in [0.25, 0.3) is 0 Å². The number of benzene rings is 1. The van der Waals surface area contributed by atoms with Gasteiger partial charge in [-0.25, -0.2) is 4.39 Å². The highest BCUT2D eigenvalue weighted by Gasteiger charge is 2.33. The Morgan fingerprint density at radius 1 is 1.25 bits per heavy atom. The second-order valence-corrected chi connectivity index (χ2v) is 4.51. The summed E-state index contributed by atoms with van der Waals surface area (Å²) in [6.07, 6.45) is 2.72. The van der Waals surface area contributed by atoms with E-state index in [0.717, 1.165) is 0 Å². The molecule has 0 radical (unpaired) electrons. The van der Waals surface area contributed by atoms with Crippen molar-refractivity contribution in [3.8, 4) is 5.75 Å². The molecule has 6 heteroatoms. The average molecular weight is 273 g/mol. The zero-order chi connectivity index (χ0) is 13.9. The number of amides is 1. The zero-order valence-electron chi connectivity index (χ0n) is 10.6. The highest BCUT2D eigenvalue weighted by Crippen LogP contribution is 2.22. The van der Waals surface area contributed by atoms with Gasteiger partial charge in [0.05, 0.1) is 31.0 Å². The van der Waals surface area contributed by atoms with Crippen LogP contribution in [0.5, 0.6) is 5.75 Å². The monoisotopic (exact) mass is 273 g/mol. The highest BCUT2D eigenvalue weighted by atomic mass is 19.1. The Kier molecular flexibility index (Phi) is 3.28. The molecule has 5 nitrogen and oxygen atoms in total. The molecule has 0 spiro atoms. The van der Waals surface area contributed by atoms with Crippen LogP contribution >= 0.6 is 0 Å². The highest BCUT2D eigenvalue weighted by molar-refractivity contribution is 5.94. The van der Waals surface area contributed by atoms with E-state index in [1.54, 1.807) is 29.2 Å². The van der Waals surface area contributed by atoms with Gasteiger partial charge in [-0.05, 0) is 18.2 Å². The summed E-state index contributed by atoms with van der Waals surface area (Å²) in [6.45, 7) is 0.880. The first kappa shape index (κ1) is 12.5. The number of para-hydroxylation sites is 1. The van der Waals surface area contributed by atoms with E-state index in [4.69, 9.17) is 4.74 Å². The van der Waals surface area contributed by atoms with Gasteiger partial charge < -0.3 is 9.64 Å². The van der Waals surface area contributed by atoms with Crippen molar-refractivity contribution in [2.45, 2.75) is 6.10 Å². The van der Waals surface area contributed by atoms with Crippen LogP contribution in [-0.4, -0.2) is 40.2 Å². The van der Waals surface area contributed by atoms with Gasteiger partial charge in [0.15, 0.2) is 11.6 Å².